The van der Waals surface area contributed by atoms with Gasteiger partial charge in [-0.3, -0.25) is 4.90 Å². The summed E-state index contributed by atoms with van der Waals surface area (Å²) in [5, 5.41) is 13.0. The normalized spacial score (nSPS) is 25.5. The molecule has 0 aromatic heterocycles. The highest BCUT2D eigenvalue weighted by atomic mass is 32.1. The van der Waals surface area contributed by atoms with Crippen LogP contribution in [0.2, 0.25) is 0 Å². The van der Waals surface area contributed by atoms with Crippen molar-refractivity contribution in [3.8, 4) is 0 Å². The molecule has 4 nitrogen and oxygen atoms in total. The minimum Gasteiger partial charge on any atom is -0.465 e. The second-order valence-corrected chi connectivity index (χ2v) is 7.33. The molecule has 1 fully saturated rings. The SMILES string of the molecule is C[C@H]1NC(=S)[C@@H](N(C(=O)O)C(C)(C)C)C[C@H]1c1ccccc1. The average molecular weight is 320 g/mol. The monoisotopic (exact) mass is 320 g/mol. The van der Waals surface area contributed by atoms with E-state index in [2.05, 4.69) is 24.4 Å². The van der Waals surface area contributed by atoms with Crippen molar-refractivity contribution in [1.82, 2.24) is 10.2 Å². The number of hydrogen-bond donors (Lipinski definition) is 2. The highest BCUT2D eigenvalue weighted by molar-refractivity contribution is 7.80. The number of carboxylic acid groups (broad SMARTS) is 1. The third kappa shape index (κ3) is 3.40. The Kier molecular flexibility index (Phi) is 4.75. The summed E-state index contributed by atoms with van der Waals surface area (Å²) in [5.74, 6) is 0.238. The van der Waals surface area contributed by atoms with Crippen molar-refractivity contribution in [3.63, 3.8) is 0 Å². The number of hydrogen-bond acceptors (Lipinski definition) is 2. The van der Waals surface area contributed by atoms with Crippen LogP contribution in [0.5, 0.6) is 0 Å². The minimum atomic E-state index is -0.928. The van der Waals surface area contributed by atoms with Crippen molar-refractivity contribution < 1.29 is 9.90 Å². The van der Waals surface area contributed by atoms with Gasteiger partial charge in [0.25, 0.3) is 0 Å². The molecule has 5 heteroatoms. The largest absolute Gasteiger partial charge is 0.465 e. The highest BCUT2D eigenvalue weighted by Gasteiger charge is 2.41. The highest BCUT2D eigenvalue weighted by Crippen LogP contribution is 2.33. The van der Waals surface area contributed by atoms with E-state index in [1.54, 1.807) is 0 Å². The maximum absolute atomic E-state index is 11.8. The number of nitrogens with zero attached hydrogens (tertiary/aromatic N) is 1. The van der Waals surface area contributed by atoms with E-state index in [0.29, 0.717) is 11.4 Å². The van der Waals surface area contributed by atoms with Crippen LogP contribution in [0, 0.1) is 0 Å². The third-order valence-electron chi connectivity index (χ3n) is 4.22. The summed E-state index contributed by atoms with van der Waals surface area (Å²) >= 11 is 5.46. The van der Waals surface area contributed by atoms with Crippen molar-refractivity contribution in [2.75, 3.05) is 0 Å². The molecule has 0 unspecified atom stereocenters. The van der Waals surface area contributed by atoms with Crippen LogP contribution < -0.4 is 5.32 Å². The molecule has 1 saturated heterocycles. The molecule has 0 saturated carbocycles. The van der Waals surface area contributed by atoms with E-state index in [1.165, 1.54) is 10.5 Å². The van der Waals surface area contributed by atoms with Crippen molar-refractivity contribution in [2.24, 2.45) is 0 Å². The van der Waals surface area contributed by atoms with Gasteiger partial charge in [0.05, 0.1) is 11.0 Å². The molecule has 1 aliphatic rings. The van der Waals surface area contributed by atoms with Crippen molar-refractivity contribution in [1.29, 1.82) is 0 Å². The average Bonchev–Trinajstić information content (AvgIpc) is 2.40. The molecular formula is C17H24N2O2S. The fourth-order valence-corrected chi connectivity index (χ4v) is 3.60. The smallest absolute Gasteiger partial charge is 0.408 e. The van der Waals surface area contributed by atoms with E-state index < -0.39 is 11.6 Å². The molecule has 0 radical (unpaired) electrons. The Hall–Kier alpha value is -1.62. The predicted molar refractivity (Wildman–Crippen MR) is 92.4 cm³/mol. The predicted octanol–water partition coefficient (Wildman–Crippen LogP) is 3.63. The molecule has 0 bridgehead atoms. The van der Waals surface area contributed by atoms with E-state index >= 15 is 0 Å². The fraction of sp³-hybridized carbons (Fsp3) is 0.529. The second-order valence-electron chi connectivity index (χ2n) is 6.89. The molecular weight excluding hydrogens is 296 g/mol. The number of amides is 1. The van der Waals surface area contributed by atoms with Gasteiger partial charge >= 0.3 is 6.09 Å². The minimum absolute atomic E-state index is 0.196. The Morgan fingerprint density at radius 3 is 2.41 bits per heavy atom. The van der Waals surface area contributed by atoms with Crippen molar-refractivity contribution in [3.05, 3.63) is 35.9 Å². The quantitative estimate of drug-likeness (QED) is 0.817. The Labute approximate surface area is 137 Å². The van der Waals surface area contributed by atoms with Gasteiger partial charge in [-0.1, -0.05) is 42.5 Å². The lowest BCUT2D eigenvalue weighted by Gasteiger charge is -2.45. The topological polar surface area (TPSA) is 52.6 Å². The number of carbonyl (C=O) groups is 1. The van der Waals surface area contributed by atoms with Gasteiger partial charge in [-0.15, -0.1) is 0 Å². The van der Waals surface area contributed by atoms with Crippen molar-refractivity contribution in [2.45, 2.75) is 57.7 Å². The Morgan fingerprint density at radius 2 is 1.91 bits per heavy atom. The second kappa shape index (κ2) is 6.24. The lowest BCUT2D eigenvalue weighted by Crippen LogP contribution is -2.61. The molecule has 22 heavy (non-hydrogen) atoms. The van der Waals surface area contributed by atoms with Crippen molar-refractivity contribution >= 4 is 23.3 Å². The van der Waals surface area contributed by atoms with Gasteiger partial charge in [0.1, 0.15) is 0 Å². The molecule has 2 rings (SSSR count). The van der Waals surface area contributed by atoms with E-state index in [0.717, 1.165) is 0 Å². The zero-order valence-corrected chi connectivity index (χ0v) is 14.4. The number of nitrogens with one attached hydrogen (secondary N) is 1. The summed E-state index contributed by atoms with van der Waals surface area (Å²) < 4.78 is 0. The van der Waals surface area contributed by atoms with Crippen LogP contribution in [0.15, 0.2) is 30.3 Å². The van der Waals surface area contributed by atoms with Gasteiger partial charge in [0.2, 0.25) is 0 Å². The maximum atomic E-state index is 11.8. The first kappa shape index (κ1) is 16.7. The number of piperidine rings is 1. The molecule has 2 N–H and O–H groups in total. The van der Waals surface area contributed by atoms with Crippen LogP contribution in [0.25, 0.3) is 0 Å². The first-order chi connectivity index (χ1) is 10.2. The summed E-state index contributed by atoms with van der Waals surface area (Å²) in [6, 6.07) is 10.1. The number of rotatable bonds is 2. The van der Waals surface area contributed by atoms with Gasteiger partial charge < -0.3 is 10.4 Å². The van der Waals surface area contributed by atoms with Crippen LogP contribution in [-0.4, -0.2) is 38.7 Å². The lowest BCUT2D eigenvalue weighted by atomic mass is 9.82. The first-order valence-corrected chi connectivity index (χ1v) is 8.00. The third-order valence-corrected chi connectivity index (χ3v) is 4.61. The van der Waals surface area contributed by atoms with Crippen LogP contribution in [0.4, 0.5) is 4.79 Å². The summed E-state index contributed by atoms with van der Waals surface area (Å²) in [7, 11) is 0. The number of benzene rings is 1. The lowest BCUT2D eigenvalue weighted by molar-refractivity contribution is 0.0794. The van der Waals surface area contributed by atoms with Crippen LogP contribution in [0.3, 0.4) is 0 Å². The summed E-state index contributed by atoms with van der Waals surface area (Å²) in [4.78, 5) is 13.9. The molecule has 120 valence electrons. The molecule has 3 atom stereocenters. The van der Waals surface area contributed by atoms with Gasteiger partial charge in [0, 0.05) is 17.5 Å². The van der Waals surface area contributed by atoms with Gasteiger partial charge in [-0.25, -0.2) is 4.79 Å². The van der Waals surface area contributed by atoms with Crippen LogP contribution >= 0.6 is 12.2 Å². The first-order valence-electron chi connectivity index (χ1n) is 7.59. The number of thiocarbonyl (C=S) groups is 1. The summed E-state index contributed by atoms with van der Waals surface area (Å²) in [6.45, 7) is 7.81. The Morgan fingerprint density at radius 1 is 1.32 bits per heavy atom. The Balaban J connectivity index is 2.32. The molecule has 0 aliphatic carbocycles. The van der Waals surface area contributed by atoms with E-state index in [4.69, 9.17) is 12.2 Å². The van der Waals surface area contributed by atoms with Gasteiger partial charge in [0.15, 0.2) is 0 Å². The molecule has 1 aromatic carbocycles. The molecule has 1 aliphatic heterocycles. The summed E-state index contributed by atoms with van der Waals surface area (Å²) in [6.07, 6.45) is -0.219. The zero-order chi connectivity index (χ0) is 16.5. The van der Waals surface area contributed by atoms with Gasteiger partial charge in [-0.05, 0) is 39.7 Å². The molecule has 1 aromatic rings. The standard InChI is InChI=1S/C17H24N2O2S/c1-11-13(12-8-6-5-7-9-12)10-14(15(22)18-11)19(16(20)21)17(2,3)4/h5-9,11,13-14H,10H2,1-4H3,(H,18,22)(H,20,21)/t11-,13-,14+/m1/s1. The summed E-state index contributed by atoms with van der Waals surface area (Å²) in [5.41, 5.74) is 0.721. The zero-order valence-electron chi connectivity index (χ0n) is 13.5. The van der Waals surface area contributed by atoms with Gasteiger partial charge in [-0.2, -0.15) is 0 Å². The van der Waals surface area contributed by atoms with Crippen LogP contribution in [-0.2, 0) is 0 Å². The molecule has 0 spiro atoms. The van der Waals surface area contributed by atoms with Crippen LogP contribution in [0.1, 0.15) is 45.6 Å². The fourth-order valence-electron chi connectivity index (χ4n) is 3.21. The molecule has 1 heterocycles. The maximum Gasteiger partial charge on any atom is 0.408 e. The van der Waals surface area contributed by atoms with E-state index in [-0.39, 0.29) is 18.0 Å². The van der Waals surface area contributed by atoms with E-state index in [1.807, 2.05) is 39.0 Å². The van der Waals surface area contributed by atoms with E-state index in [9.17, 15) is 9.90 Å². The molecule has 1 amide bonds. The Bertz CT molecular complexity index is 554.